The van der Waals surface area contributed by atoms with Crippen LogP contribution in [0.3, 0.4) is 0 Å². The number of benzene rings is 4. The van der Waals surface area contributed by atoms with E-state index in [1.807, 2.05) is 53.8 Å². The van der Waals surface area contributed by atoms with Crippen LogP contribution in [0.4, 0.5) is 0 Å². The van der Waals surface area contributed by atoms with Gasteiger partial charge in [-0.1, -0.05) is 101 Å². The molecule has 5 aromatic rings. The second kappa shape index (κ2) is 13.2. The zero-order valence-electron chi connectivity index (χ0n) is 26.8. The topological polar surface area (TPSA) is 59.4 Å². The van der Waals surface area contributed by atoms with E-state index in [9.17, 15) is 9.90 Å². The monoisotopic (exact) mass is 765 g/mol. The molecule has 6 rings (SSSR count). The summed E-state index contributed by atoms with van der Waals surface area (Å²) in [6.45, 7) is 14.2. The average Bonchev–Trinajstić information content (AvgIpc) is 3.04. The van der Waals surface area contributed by atoms with E-state index in [0.717, 1.165) is 75.5 Å². The van der Waals surface area contributed by atoms with E-state index < -0.39 is 0 Å². The van der Waals surface area contributed by atoms with Gasteiger partial charge in [0.25, 0.3) is 0 Å². The van der Waals surface area contributed by atoms with Gasteiger partial charge in [-0.05, 0) is 55.5 Å². The summed E-state index contributed by atoms with van der Waals surface area (Å²) in [5.41, 5.74) is 2.44. The molecule has 0 saturated carbocycles. The van der Waals surface area contributed by atoms with Crippen LogP contribution in [-0.4, -0.2) is 15.9 Å². The molecule has 0 aliphatic carbocycles. The summed E-state index contributed by atoms with van der Waals surface area (Å²) in [4.78, 5) is 16.9. The van der Waals surface area contributed by atoms with Gasteiger partial charge in [-0.25, -0.2) is 0 Å². The zero-order valence-corrected chi connectivity index (χ0v) is 29.2. The molecule has 5 heteroatoms. The molecule has 1 radical (unpaired) electrons. The Labute approximate surface area is 274 Å². The first-order valence-corrected chi connectivity index (χ1v) is 15.5. The van der Waals surface area contributed by atoms with Crippen molar-refractivity contribution in [1.29, 1.82) is 0 Å². The second-order valence-electron chi connectivity index (χ2n) is 12.2. The number of aliphatic hydroxyl groups excluding tert-OH is 1. The number of hydrogen-bond donors (Lipinski definition) is 1. The number of nitrogens with zero attached hydrogens (tertiary/aromatic N) is 1. The van der Waals surface area contributed by atoms with Crippen molar-refractivity contribution in [3.05, 3.63) is 90.3 Å². The number of aryl methyl sites for hydroxylation is 1. The van der Waals surface area contributed by atoms with E-state index >= 15 is 0 Å². The minimum Gasteiger partial charge on any atom is -0.512 e. The van der Waals surface area contributed by atoms with Crippen molar-refractivity contribution in [1.82, 2.24) is 4.98 Å². The van der Waals surface area contributed by atoms with Crippen molar-refractivity contribution in [2.75, 3.05) is 0 Å². The molecule has 1 aliphatic heterocycles. The summed E-state index contributed by atoms with van der Waals surface area (Å²) < 4.78 is 6.53. The third kappa shape index (κ3) is 5.80. The Morgan fingerprint density at radius 2 is 1.48 bits per heavy atom. The maximum atomic E-state index is 12.2. The molecule has 0 spiro atoms. The minimum absolute atomic E-state index is 0. The summed E-state index contributed by atoms with van der Waals surface area (Å²) in [5, 5.41) is 16.9. The van der Waals surface area contributed by atoms with Gasteiger partial charge < -0.3 is 9.84 Å². The normalized spacial score (nSPS) is 12.7. The van der Waals surface area contributed by atoms with E-state index in [0.29, 0.717) is 0 Å². The van der Waals surface area contributed by atoms with Crippen LogP contribution in [0.15, 0.2) is 78.7 Å². The van der Waals surface area contributed by atoms with Gasteiger partial charge in [0.05, 0.1) is 5.75 Å². The molecule has 1 aromatic heterocycles. The average molecular weight is 765 g/mol. The summed E-state index contributed by atoms with van der Waals surface area (Å²) in [6.07, 6.45) is 6.63. The Hall–Kier alpha value is -3.53. The Bertz CT molecular complexity index is 1870. The van der Waals surface area contributed by atoms with E-state index in [1.165, 1.54) is 16.8 Å². The molecular weight excluding hydrogens is 723 g/mol. The predicted octanol–water partition coefficient (Wildman–Crippen LogP) is 11.1. The molecule has 0 amide bonds. The Kier molecular flexibility index (Phi) is 10.0. The van der Waals surface area contributed by atoms with Crippen molar-refractivity contribution in [3.8, 4) is 22.8 Å². The number of aliphatic hydroxyl groups is 1. The minimum atomic E-state index is -0.337. The molecule has 1 aliphatic rings. The fourth-order valence-corrected chi connectivity index (χ4v) is 5.76. The maximum Gasteiger partial charge on any atom is 0.164 e. The third-order valence-electron chi connectivity index (χ3n) is 9.93. The fraction of sp³-hybridized carbons (Fsp3) is 0.333. The molecular formula is C39H42IrNO3-. The summed E-state index contributed by atoms with van der Waals surface area (Å²) in [6, 6.07) is 24.5. The number of allylic oxidation sites excluding steroid dienone is 2. The van der Waals surface area contributed by atoms with E-state index in [-0.39, 0.29) is 42.5 Å². The van der Waals surface area contributed by atoms with Crippen molar-refractivity contribution < 1.29 is 34.7 Å². The largest absolute Gasteiger partial charge is 0.512 e. The van der Waals surface area contributed by atoms with Crippen LogP contribution in [-0.2, 0) is 24.9 Å². The van der Waals surface area contributed by atoms with E-state index in [2.05, 4.69) is 67.6 Å². The van der Waals surface area contributed by atoms with Crippen LogP contribution in [0.1, 0.15) is 72.8 Å². The Morgan fingerprint density at radius 1 is 0.864 bits per heavy atom. The van der Waals surface area contributed by atoms with Gasteiger partial charge >= 0.3 is 0 Å². The number of ketones is 1. The van der Waals surface area contributed by atoms with Gasteiger partial charge in [0.15, 0.2) is 5.78 Å². The number of fused-ring (bicyclic) bond motifs is 5. The van der Waals surface area contributed by atoms with Crippen LogP contribution in [0.25, 0.3) is 43.6 Å². The number of rotatable bonds is 7. The first-order valence-electron chi connectivity index (χ1n) is 15.5. The first-order chi connectivity index (χ1) is 20.6. The smallest absolute Gasteiger partial charge is 0.164 e. The third-order valence-corrected chi connectivity index (χ3v) is 9.93. The number of carbonyl (C=O) groups excluding carboxylic acids is 1. The molecule has 0 atom stereocenters. The fourth-order valence-electron chi connectivity index (χ4n) is 5.76. The molecule has 0 saturated heterocycles. The molecule has 44 heavy (non-hydrogen) atoms. The summed E-state index contributed by atoms with van der Waals surface area (Å²) >= 11 is 0. The van der Waals surface area contributed by atoms with E-state index in [4.69, 9.17) is 9.72 Å². The molecule has 2 heterocycles. The summed E-state index contributed by atoms with van der Waals surface area (Å²) in [5.74, 6) is 2.06. The van der Waals surface area contributed by atoms with Crippen molar-refractivity contribution >= 4 is 38.1 Å². The van der Waals surface area contributed by atoms with Crippen molar-refractivity contribution in [2.45, 2.75) is 74.1 Å². The molecule has 1 N–H and O–H groups in total. The quantitative estimate of drug-likeness (QED) is 0.0761. The standard InChI is InChI=1S/C24H14NO.C15H28O2.Ir/c1-14-18-8-4-2-7-16(18)13-20-22-21-17(10-11-25-22)12-15-6-3-5-9-19(15)24(21)26-23(14)20;1-7-14(5,8-2)12(16)11-13(17)15(6,9-3)10-4;/h2-12H,1H3;11,16H,7-10H2,1-6H3;/q-1;;/b;12-11-;. The summed E-state index contributed by atoms with van der Waals surface area (Å²) in [7, 11) is 0. The molecule has 0 bridgehead atoms. The predicted molar refractivity (Wildman–Crippen MR) is 179 cm³/mol. The van der Waals surface area contributed by atoms with Gasteiger partial charge in [-0.2, -0.15) is 0 Å². The number of ether oxygens (including phenoxy) is 1. The first kappa shape index (κ1) is 33.4. The molecule has 4 aromatic carbocycles. The van der Waals surface area contributed by atoms with Crippen LogP contribution in [0.5, 0.6) is 11.5 Å². The van der Waals surface area contributed by atoms with E-state index in [1.54, 1.807) is 0 Å². The molecule has 0 fully saturated rings. The van der Waals surface area contributed by atoms with Crippen molar-refractivity contribution in [3.63, 3.8) is 0 Å². The van der Waals surface area contributed by atoms with Gasteiger partial charge in [0.1, 0.15) is 11.5 Å². The van der Waals surface area contributed by atoms with Crippen LogP contribution in [0, 0.1) is 23.8 Å². The van der Waals surface area contributed by atoms with Crippen LogP contribution < -0.4 is 4.74 Å². The van der Waals surface area contributed by atoms with Crippen LogP contribution >= 0.6 is 0 Å². The Balaban J connectivity index is 0.000000218. The number of aromatic nitrogens is 1. The number of hydrogen-bond acceptors (Lipinski definition) is 4. The number of pyridine rings is 1. The zero-order chi connectivity index (χ0) is 30.9. The molecule has 4 nitrogen and oxygen atoms in total. The Morgan fingerprint density at radius 3 is 2.14 bits per heavy atom. The second-order valence-corrected chi connectivity index (χ2v) is 12.2. The SMILES string of the molecule is CCC(C)(CC)C(=O)/C=C(\O)C(C)(CC)CC.Cc1c2c([c-]c3ccccc13)-c1nccc3cc4ccccc4c(c13)O2.[Ir]. The van der Waals surface area contributed by atoms with Crippen LogP contribution in [0.2, 0.25) is 0 Å². The van der Waals surface area contributed by atoms with Gasteiger partial charge in [-0.3, -0.25) is 9.78 Å². The maximum absolute atomic E-state index is 12.2. The van der Waals surface area contributed by atoms with Gasteiger partial charge in [0, 0.05) is 59.7 Å². The van der Waals surface area contributed by atoms with Gasteiger partial charge in [-0.15, -0.1) is 17.5 Å². The number of carbonyl (C=O) groups is 1. The van der Waals surface area contributed by atoms with Gasteiger partial charge in [0.2, 0.25) is 0 Å². The molecule has 231 valence electrons. The molecule has 0 unspecified atom stereocenters. The van der Waals surface area contributed by atoms with Crippen molar-refractivity contribution in [2.24, 2.45) is 10.8 Å².